The van der Waals surface area contributed by atoms with Crippen LogP contribution in [-0.2, 0) is 15.8 Å². The molecule has 1 atom stereocenters. The van der Waals surface area contributed by atoms with Gasteiger partial charge in [-0.2, -0.15) is 13.2 Å². The molecule has 1 aliphatic heterocycles. The third-order valence-electron chi connectivity index (χ3n) is 4.68. The quantitative estimate of drug-likeness (QED) is 0.614. The summed E-state index contributed by atoms with van der Waals surface area (Å²) in [6, 6.07) is 8.62. The van der Waals surface area contributed by atoms with Crippen molar-refractivity contribution in [2.45, 2.75) is 19.5 Å². The summed E-state index contributed by atoms with van der Waals surface area (Å²) in [6.07, 6.45) is -4.76. The minimum atomic E-state index is -4.56. The summed E-state index contributed by atoms with van der Waals surface area (Å²) in [5.41, 5.74) is -0.621. The molecule has 0 aliphatic carbocycles. The van der Waals surface area contributed by atoms with Gasteiger partial charge in [0.15, 0.2) is 0 Å². The molecule has 0 aromatic heterocycles. The molecular formula is C19H16F3N3O4. The molecule has 3 rings (SSSR count). The van der Waals surface area contributed by atoms with Gasteiger partial charge in [0.1, 0.15) is 5.69 Å². The number of benzene rings is 2. The molecule has 1 heterocycles. The Balaban J connectivity index is 1.79. The summed E-state index contributed by atoms with van der Waals surface area (Å²) < 4.78 is 38.8. The van der Waals surface area contributed by atoms with E-state index in [0.717, 1.165) is 17.0 Å². The standard InChI is InChI=1S/C19H16F3N3O4/c1-11-4-2-7-15(25(28)29)17(11)23-18(27)12-8-16(26)24(10-12)14-6-3-5-13(9-14)19(20,21)22/h2-7,9,12H,8,10H2,1H3,(H,23,27). The van der Waals surface area contributed by atoms with Crippen LogP contribution in [0.5, 0.6) is 0 Å². The Morgan fingerprint density at radius 3 is 2.59 bits per heavy atom. The first-order valence-corrected chi connectivity index (χ1v) is 8.60. The van der Waals surface area contributed by atoms with Gasteiger partial charge in [-0.05, 0) is 30.7 Å². The normalized spacial score (nSPS) is 16.8. The van der Waals surface area contributed by atoms with Crippen molar-refractivity contribution in [1.82, 2.24) is 0 Å². The molecule has 1 fully saturated rings. The van der Waals surface area contributed by atoms with Crippen LogP contribution in [-0.4, -0.2) is 23.3 Å². The van der Waals surface area contributed by atoms with Gasteiger partial charge in [0, 0.05) is 24.7 Å². The molecule has 1 aliphatic rings. The molecule has 2 aromatic carbocycles. The molecule has 1 unspecified atom stereocenters. The first-order chi connectivity index (χ1) is 13.6. The summed E-state index contributed by atoms with van der Waals surface area (Å²) in [6.45, 7) is 1.48. The molecule has 0 saturated carbocycles. The van der Waals surface area contributed by atoms with Crippen molar-refractivity contribution in [3.8, 4) is 0 Å². The van der Waals surface area contributed by atoms with Gasteiger partial charge in [-0.15, -0.1) is 0 Å². The van der Waals surface area contributed by atoms with E-state index in [0.29, 0.717) is 5.56 Å². The van der Waals surface area contributed by atoms with Crippen LogP contribution in [0.3, 0.4) is 0 Å². The van der Waals surface area contributed by atoms with E-state index in [4.69, 9.17) is 0 Å². The van der Waals surface area contributed by atoms with E-state index >= 15 is 0 Å². The summed E-state index contributed by atoms with van der Waals surface area (Å²) in [7, 11) is 0. The minimum absolute atomic E-state index is 0.0347. The number of aryl methyl sites for hydroxylation is 1. The van der Waals surface area contributed by atoms with Crippen molar-refractivity contribution in [2.24, 2.45) is 5.92 Å². The highest BCUT2D eigenvalue weighted by Gasteiger charge is 2.37. The van der Waals surface area contributed by atoms with E-state index < -0.39 is 34.4 Å². The summed E-state index contributed by atoms with van der Waals surface area (Å²) in [4.78, 5) is 36.6. The van der Waals surface area contributed by atoms with Crippen LogP contribution in [0.4, 0.5) is 30.2 Å². The number of alkyl halides is 3. The van der Waals surface area contributed by atoms with E-state index in [9.17, 15) is 32.9 Å². The lowest BCUT2D eigenvalue weighted by molar-refractivity contribution is -0.384. The minimum Gasteiger partial charge on any atom is -0.320 e. The Morgan fingerprint density at radius 1 is 1.24 bits per heavy atom. The van der Waals surface area contributed by atoms with Crippen molar-refractivity contribution < 1.29 is 27.7 Å². The number of carbonyl (C=O) groups excluding carboxylic acids is 2. The van der Waals surface area contributed by atoms with E-state index in [2.05, 4.69) is 5.32 Å². The lowest BCUT2D eigenvalue weighted by Crippen LogP contribution is -2.28. The fourth-order valence-corrected chi connectivity index (χ4v) is 3.18. The number of nitro groups is 1. The zero-order valence-electron chi connectivity index (χ0n) is 15.2. The third kappa shape index (κ3) is 4.20. The summed E-state index contributed by atoms with van der Waals surface area (Å²) in [5, 5.41) is 13.7. The Morgan fingerprint density at radius 2 is 1.93 bits per heavy atom. The fraction of sp³-hybridized carbons (Fsp3) is 0.263. The molecule has 1 N–H and O–H groups in total. The van der Waals surface area contributed by atoms with E-state index in [-0.39, 0.29) is 30.0 Å². The molecule has 7 nitrogen and oxygen atoms in total. The topological polar surface area (TPSA) is 92.5 Å². The van der Waals surface area contributed by atoms with Gasteiger partial charge in [0.25, 0.3) is 5.69 Å². The Kier molecular flexibility index (Phi) is 5.27. The van der Waals surface area contributed by atoms with Crippen LogP contribution in [0.1, 0.15) is 17.5 Å². The molecule has 152 valence electrons. The summed E-state index contributed by atoms with van der Waals surface area (Å²) in [5.74, 6) is -1.95. The van der Waals surface area contributed by atoms with E-state index in [1.807, 2.05) is 0 Å². The number of amides is 2. The number of hydrogen-bond donors (Lipinski definition) is 1. The van der Waals surface area contributed by atoms with Gasteiger partial charge >= 0.3 is 6.18 Å². The smallest absolute Gasteiger partial charge is 0.320 e. The highest BCUT2D eigenvalue weighted by molar-refractivity contribution is 6.04. The van der Waals surface area contributed by atoms with Crippen LogP contribution in [0.25, 0.3) is 0 Å². The SMILES string of the molecule is Cc1cccc([N+](=O)[O-])c1NC(=O)C1CC(=O)N(c2cccc(C(F)(F)F)c2)C1. The van der Waals surface area contributed by atoms with Gasteiger partial charge in [-0.25, -0.2) is 0 Å². The second-order valence-electron chi connectivity index (χ2n) is 6.67. The molecule has 2 aromatic rings. The zero-order chi connectivity index (χ0) is 21.3. The van der Waals surface area contributed by atoms with Crippen LogP contribution in [0, 0.1) is 23.0 Å². The average molecular weight is 407 g/mol. The maximum Gasteiger partial charge on any atom is 0.416 e. The molecule has 0 bridgehead atoms. The van der Waals surface area contributed by atoms with E-state index in [1.165, 1.54) is 24.3 Å². The van der Waals surface area contributed by atoms with Gasteiger partial charge in [0.2, 0.25) is 11.8 Å². The predicted molar refractivity (Wildman–Crippen MR) is 98.4 cm³/mol. The highest BCUT2D eigenvalue weighted by Crippen LogP contribution is 2.34. The number of anilines is 2. The van der Waals surface area contributed by atoms with Crippen molar-refractivity contribution in [3.05, 3.63) is 63.7 Å². The number of nitrogens with zero attached hydrogens (tertiary/aromatic N) is 2. The second kappa shape index (κ2) is 7.53. The maximum atomic E-state index is 12.9. The van der Waals surface area contributed by atoms with Crippen molar-refractivity contribution in [1.29, 1.82) is 0 Å². The van der Waals surface area contributed by atoms with Crippen LogP contribution >= 0.6 is 0 Å². The molecular weight excluding hydrogens is 391 g/mol. The lowest BCUT2D eigenvalue weighted by Gasteiger charge is -2.18. The van der Waals surface area contributed by atoms with Gasteiger partial charge < -0.3 is 10.2 Å². The van der Waals surface area contributed by atoms with Crippen molar-refractivity contribution >= 4 is 28.9 Å². The van der Waals surface area contributed by atoms with Crippen molar-refractivity contribution in [2.75, 3.05) is 16.8 Å². The van der Waals surface area contributed by atoms with Gasteiger partial charge in [-0.3, -0.25) is 19.7 Å². The molecule has 2 amide bonds. The monoisotopic (exact) mass is 407 g/mol. The average Bonchev–Trinajstić information content (AvgIpc) is 3.04. The molecule has 0 spiro atoms. The summed E-state index contributed by atoms with van der Waals surface area (Å²) >= 11 is 0. The lowest BCUT2D eigenvalue weighted by atomic mass is 10.1. The largest absolute Gasteiger partial charge is 0.416 e. The third-order valence-corrected chi connectivity index (χ3v) is 4.68. The molecule has 10 heteroatoms. The fourth-order valence-electron chi connectivity index (χ4n) is 3.18. The number of nitro benzene ring substituents is 1. The van der Waals surface area contributed by atoms with Crippen LogP contribution in [0.2, 0.25) is 0 Å². The predicted octanol–water partition coefficient (Wildman–Crippen LogP) is 3.91. The van der Waals surface area contributed by atoms with Crippen LogP contribution < -0.4 is 10.2 Å². The van der Waals surface area contributed by atoms with Crippen molar-refractivity contribution in [3.63, 3.8) is 0 Å². The second-order valence-corrected chi connectivity index (χ2v) is 6.67. The Hall–Kier alpha value is -3.43. The number of nitrogens with one attached hydrogen (secondary N) is 1. The molecule has 29 heavy (non-hydrogen) atoms. The van der Waals surface area contributed by atoms with Crippen LogP contribution in [0.15, 0.2) is 42.5 Å². The number of hydrogen-bond acceptors (Lipinski definition) is 4. The maximum absolute atomic E-state index is 12.9. The Labute approximate surface area is 163 Å². The van der Waals surface area contributed by atoms with E-state index in [1.54, 1.807) is 13.0 Å². The number of rotatable bonds is 4. The Bertz CT molecular complexity index is 991. The van der Waals surface area contributed by atoms with Gasteiger partial charge in [-0.1, -0.05) is 18.2 Å². The highest BCUT2D eigenvalue weighted by atomic mass is 19.4. The first kappa shape index (κ1) is 20.3. The first-order valence-electron chi connectivity index (χ1n) is 8.60. The number of para-hydroxylation sites is 1. The number of carbonyl (C=O) groups is 2. The van der Waals surface area contributed by atoms with Gasteiger partial charge in [0.05, 0.1) is 16.4 Å². The number of halogens is 3. The molecule has 0 radical (unpaired) electrons. The zero-order valence-corrected chi connectivity index (χ0v) is 15.2. The molecule has 1 saturated heterocycles.